The van der Waals surface area contributed by atoms with Crippen molar-refractivity contribution in [2.45, 2.75) is 0 Å². The highest BCUT2D eigenvalue weighted by molar-refractivity contribution is 5.73. The second kappa shape index (κ2) is 5.03. The zero-order valence-electron chi connectivity index (χ0n) is 8.98. The Balaban J connectivity index is 2.30. The van der Waals surface area contributed by atoms with Crippen LogP contribution in [0.3, 0.4) is 0 Å². The van der Waals surface area contributed by atoms with Crippen LogP contribution in [0.15, 0.2) is 48.8 Å². The number of nitro groups is 1. The average Bonchev–Trinajstić information content (AvgIpc) is 2.38. The highest BCUT2D eigenvalue weighted by Gasteiger charge is 2.08. The molecule has 0 unspecified atom stereocenters. The highest BCUT2D eigenvalue weighted by atomic mass is 16.6. The molecular weight excluding hydrogens is 216 g/mol. The minimum absolute atomic E-state index is 0.104. The van der Waals surface area contributed by atoms with Gasteiger partial charge in [0.05, 0.1) is 10.5 Å². The third kappa shape index (κ3) is 2.75. The number of hydrogen-bond acceptors (Lipinski definition) is 3. The van der Waals surface area contributed by atoms with Gasteiger partial charge >= 0.3 is 0 Å². The van der Waals surface area contributed by atoms with Crippen LogP contribution in [0.2, 0.25) is 0 Å². The lowest BCUT2D eigenvalue weighted by molar-refractivity contribution is -0.385. The molecule has 1 heterocycles. The molecule has 1 aromatic carbocycles. The molecule has 0 bridgehead atoms. The van der Waals surface area contributed by atoms with Crippen LogP contribution in [0.25, 0.3) is 12.2 Å². The summed E-state index contributed by atoms with van der Waals surface area (Å²) in [6, 6.07) is 10.3. The quantitative estimate of drug-likeness (QED) is 0.596. The van der Waals surface area contributed by atoms with Crippen LogP contribution in [-0.2, 0) is 0 Å². The van der Waals surface area contributed by atoms with Crippen LogP contribution in [0.1, 0.15) is 11.1 Å². The van der Waals surface area contributed by atoms with Gasteiger partial charge in [-0.15, -0.1) is 0 Å². The number of para-hydroxylation sites is 1. The van der Waals surface area contributed by atoms with Crippen LogP contribution in [-0.4, -0.2) is 9.91 Å². The summed E-state index contributed by atoms with van der Waals surface area (Å²) in [5, 5.41) is 10.8. The summed E-state index contributed by atoms with van der Waals surface area (Å²) < 4.78 is 0. The zero-order chi connectivity index (χ0) is 12.1. The van der Waals surface area contributed by atoms with Gasteiger partial charge in [0.1, 0.15) is 0 Å². The van der Waals surface area contributed by atoms with E-state index in [4.69, 9.17) is 0 Å². The molecule has 0 radical (unpaired) electrons. The SMILES string of the molecule is O=[N+]([O-])c1ccccc1/C=C/c1cccnc1. The Hall–Kier alpha value is -2.49. The minimum Gasteiger partial charge on any atom is -0.264 e. The fourth-order valence-corrected chi connectivity index (χ4v) is 1.46. The fourth-order valence-electron chi connectivity index (χ4n) is 1.46. The molecule has 0 saturated heterocycles. The smallest absolute Gasteiger partial charge is 0.264 e. The molecular formula is C13H10N2O2. The monoisotopic (exact) mass is 226 g/mol. The second-order valence-corrected chi connectivity index (χ2v) is 3.44. The third-order valence-electron chi connectivity index (χ3n) is 2.27. The first-order valence-corrected chi connectivity index (χ1v) is 5.09. The lowest BCUT2D eigenvalue weighted by atomic mass is 10.1. The predicted molar refractivity (Wildman–Crippen MR) is 66.3 cm³/mol. The molecule has 84 valence electrons. The Morgan fingerprint density at radius 3 is 2.65 bits per heavy atom. The first-order chi connectivity index (χ1) is 8.27. The Morgan fingerprint density at radius 1 is 1.12 bits per heavy atom. The molecule has 0 atom stereocenters. The van der Waals surface area contributed by atoms with Gasteiger partial charge in [0.2, 0.25) is 0 Å². The van der Waals surface area contributed by atoms with Crippen LogP contribution in [0.4, 0.5) is 5.69 Å². The van der Waals surface area contributed by atoms with E-state index in [9.17, 15) is 10.1 Å². The summed E-state index contributed by atoms with van der Waals surface area (Å²) in [7, 11) is 0. The van der Waals surface area contributed by atoms with E-state index in [2.05, 4.69) is 4.98 Å². The molecule has 0 fully saturated rings. The molecule has 0 aliphatic heterocycles. The summed E-state index contributed by atoms with van der Waals surface area (Å²) in [6.45, 7) is 0. The van der Waals surface area contributed by atoms with Gasteiger partial charge in [-0.05, 0) is 23.8 Å². The number of pyridine rings is 1. The molecule has 0 saturated carbocycles. The topological polar surface area (TPSA) is 56.0 Å². The largest absolute Gasteiger partial charge is 0.276 e. The number of benzene rings is 1. The Kier molecular flexibility index (Phi) is 3.25. The van der Waals surface area contributed by atoms with Gasteiger partial charge in [-0.25, -0.2) is 0 Å². The fraction of sp³-hybridized carbons (Fsp3) is 0. The van der Waals surface area contributed by atoms with Crippen LogP contribution in [0, 0.1) is 10.1 Å². The zero-order valence-corrected chi connectivity index (χ0v) is 8.98. The summed E-state index contributed by atoms with van der Waals surface area (Å²) in [4.78, 5) is 14.4. The molecule has 0 N–H and O–H groups in total. The van der Waals surface area contributed by atoms with Crippen molar-refractivity contribution in [1.82, 2.24) is 4.98 Å². The Bertz CT molecular complexity index is 550. The molecule has 2 rings (SSSR count). The molecule has 4 nitrogen and oxygen atoms in total. The summed E-state index contributed by atoms with van der Waals surface area (Å²) in [5.41, 5.74) is 1.60. The first-order valence-electron chi connectivity index (χ1n) is 5.09. The molecule has 0 aliphatic rings. The Labute approximate surface area is 98.4 Å². The van der Waals surface area contributed by atoms with Crippen molar-refractivity contribution in [3.63, 3.8) is 0 Å². The average molecular weight is 226 g/mol. The lowest BCUT2D eigenvalue weighted by Crippen LogP contribution is -1.90. The van der Waals surface area contributed by atoms with E-state index in [1.165, 1.54) is 6.07 Å². The Morgan fingerprint density at radius 2 is 1.94 bits per heavy atom. The van der Waals surface area contributed by atoms with Crippen molar-refractivity contribution in [2.75, 3.05) is 0 Å². The number of rotatable bonds is 3. The molecule has 0 aliphatic carbocycles. The van der Waals surface area contributed by atoms with Crippen LogP contribution >= 0.6 is 0 Å². The molecule has 0 spiro atoms. The van der Waals surface area contributed by atoms with Gasteiger partial charge in [0.15, 0.2) is 0 Å². The summed E-state index contributed by atoms with van der Waals surface area (Å²) >= 11 is 0. The van der Waals surface area contributed by atoms with E-state index >= 15 is 0 Å². The van der Waals surface area contributed by atoms with Gasteiger partial charge in [0.25, 0.3) is 5.69 Å². The van der Waals surface area contributed by atoms with Gasteiger partial charge in [-0.3, -0.25) is 15.1 Å². The van der Waals surface area contributed by atoms with E-state index in [-0.39, 0.29) is 10.6 Å². The first kappa shape index (κ1) is 11.0. The number of nitrogens with zero attached hydrogens (tertiary/aromatic N) is 2. The van der Waals surface area contributed by atoms with Crippen molar-refractivity contribution in [3.8, 4) is 0 Å². The number of aromatic nitrogens is 1. The van der Waals surface area contributed by atoms with E-state index in [0.717, 1.165) is 5.56 Å². The maximum absolute atomic E-state index is 10.8. The predicted octanol–water partition coefficient (Wildman–Crippen LogP) is 3.16. The maximum atomic E-state index is 10.8. The summed E-state index contributed by atoms with van der Waals surface area (Å²) in [6.07, 6.45) is 6.90. The molecule has 0 amide bonds. The van der Waals surface area contributed by atoms with Gasteiger partial charge in [-0.1, -0.05) is 24.3 Å². The van der Waals surface area contributed by atoms with Crippen molar-refractivity contribution >= 4 is 17.8 Å². The maximum Gasteiger partial charge on any atom is 0.276 e. The van der Waals surface area contributed by atoms with Crippen LogP contribution in [0.5, 0.6) is 0 Å². The van der Waals surface area contributed by atoms with Crippen molar-refractivity contribution < 1.29 is 4.92 Å². The molecule has 17 heavy (non-hydrogen) atoms. The molecule has 4 heteroatoms. The number of nitro benzene ring substituents is 1. The highest BCUT2D eigenvalue weighted by Crippen LogP contribution is 2.19. The van der Waals surface area contributed by atoms with E-state index in [0.29, 0.717) is 5.56 Å². The van der Waals surface area contributed by atoms with E-state index in [1.807, 2.05) is 12.1 Å². The third-order valence-corrected chi connectivity index (χ3v) is 2.27. The van der Waals surface area contributed by atoms with E-state index < -0.39 is 0 Å². The van der Waals surface area contributed by atoms with Gasteiger partial charge in [0, 0.05) is 18.5 Å². The van der Waals surface area contributed by atoms with Gasteiger partial charge in [-0.2, -0.15) is 0 Å². The van der Waals surface area contributed by atoms with Crippen molar-refractivity contribution in [2.24, 2.45) is 0 Å². The molecule has 2 aromatic rings. The normalized spacial score (nSPS) is 10.6. The molecule has 1 aromatic heterocycles. The lowest BCUT2D eigenvalue weighted by Gasteiger charge is -1.96. The van der Waals surface area contributed by atoms with Crippen molar-refractivity contribution in [3.05, 3.63) is 70.0 Å². The second-order valence-electron chi connectivity index (χ2n) is 3.44. The minimum atomic E-state index is -0.386. The summed E-state index contributed by atoms with van der Waals surface area (Å²) in [5.74, 6) is 0. The van der Waals surface area contributed by atoms with Gasteiger partial charge < -0.3 is 0 Å². The number of hydrogen-bond donors (Lipinski definition) is 0. The standard InChI is InChI=1S/C13H10N2O2/c16-15(17)13-6-2-1-5-12(13)8-7-11-4-3-9-14-10-11/h1-10H/b8-7+. The van der Waals surface area contributed by atoms with E-state index in [1.54, 1.807) is 42.7 Å². The van der Waals surface area contributed by atoms with Crippen LogP contribution < -0.4 is 0 Å². The van der Waals surface area contributed by atoms with Crippen molar-refractivity contribution in [1.29, 1.82) is 0 Å².